The molecule has 0 fully saturated rings. The summed E-state index contributed by atoms with van der Waals surface area (Å²) in [6.07, 6.45) is 5.09. The Hall–Kier alpha value is -2.69. The SMILES string of the molecule is CCC(C)Cn1c(CCNC(=O)c2ccncc2)nc2ccccc21. The van der Waals surface area contributed by atoms with E-state index in [2.05, 4.69) is 34.8 Å². The highest BCUT2D eigenvalue weighted by molar-refractivity contribution is 5.93. The van der Waals surface area contributed by atoms with Gasteiger partial charge in [0.1, 0.15) is 5.82 Å². The van der Waals surface area contributed by atoms with Gasteiger partial charge in [-0.2, -0.15) is 0 Å². The van der Waals surface area contributed by atoms with Crippen molar-refractivity contribution in [2.75, 3.05) is 6.54 Å². The zero-order valence-electron chi connectivity index (χ0n) is 14.8. The van der Waals surface area contributed by atoms with Crippen LogP contribution in [-0.2, 0) is 13.0 Å². The number of para-hydroxylation sites is 2. The van der Waals surface area contributed by atoms with Crippen LogP contribution in [0.15, 0.2) is 48.8 Å². The minimum absolute atomic E-state index is 0.0769. The van der Waals surface area contributed by atoms with E-state index < -0.39 is 0 Å². The summed E-state index contributed by atoms with van der Waals surface area (Å²) in [4.78, 5) is 20.9. The predicted octanol–water partition coefficient (Wildman–Crippen LogP) is 3.45. The van der Waals surface area contributed by atoms with Crippen molar-refractivity contribution >= 4 is 16.9 Å². The van der Waals surface area contributed by atoms with Gasteiger partial charge in [-0.05, 0) is 30.2 Å². The summed E-state index contributed by atoms with van der Waals surface area (Å²) in [5, 5.41) is 2.97. The van der Waals surface area contributed by atoms with E-state index in [1.807, 2.05) is 18.2 Å². The van der Waals surface area contributed by atoms with Gasteiger partial charge in [-0.15, -0.1) is 0 Å². The van der Waals surface area contributed by atoms with Gasteiger partial charge < -0.3 is 9.88 Å². The third-order valence-electron chi connectivity index (χ3n) is 4.50. The van der Waals surface area contributed by atoms with Gasteiger partial charge in [0.05, 0.1) is 11.0 Å². The molecule has 5 nitrogen and oxygen atoms in total. The van der Waals surface area contributed by atoms with Crippen LogP contribution in [0.5, 0.6) is 0 Å². The maximum absolute atomic E-state index is 12.1. The van der Waals surface area contributed by atoms with E-state index >= 15 is 0 Å². The summed E-state index contributed by atoms with van der Waals surface area (Å²) < 4.78 is 2.29. The van der Waals surface area contributed by atoms with E-state index in [0.29, 0.717) is 24.4 Å². The molecule has 2 aromatic heterocycles. The van der Waals surface area contributed by atoms with Crippen molar-refractivity contribution in [1.82, 2.24) is 19.9 Å². The van der Waals surface area contributed by atoms with Crippen LogP contribution in [0, 0.1) is 5.92 Å². The number of fused-ring (bicyclic) bond motifs is 1. The molecule has 0 saturated carbocycles. The van der Waals surface area contributed by atoms with Crippen molar-refractivity contribution in [2.24, 2.45) is 5.92 Å². The molecule has 130 valence electrons. The van der Waals surface area contributed by atoms with E-state index in [0.717, 1.165) is 24.3 Å². The molecule has 5 heteroatoms. The highest BCUT2D eigenvalue weighted by atomic mass is 16.1. The molecule has 0 saturated heterocycles. The van der Waals surface area contributed by atoms with Crippen LogP contribution in [0.25, 0.3) is 11.0 Å². The number of aromatic nitrogens is 3. The average molecular weight is 336 g/mol. The Balaban J connectivity index is 1.72. The Labute approximate surface area is 148 Å². The van der Waals surface area contributed by atoms with Gasteiger partial charge in [-0.25, -0.2) is 4.98 Å². The number of imidazole rings is 1. The molecular formula is C20H24N4O. The van der Waals surface area contributed by atoms with E-state index in [-0.39, 0.29) is 5.91 Å². The molecule has 2 heterocycles. The lowest BCUT2D eigenvalue weighted by atomic mass is 10.1. The molecule has 0 aliphatic rings. The number of rotatable bonds is 7. The molecule has 0 radical (unpaired) electrons. The maximum Gasteiger partial charge on any atom is 0.251 e. The van der Waals surface area contributed by atoms with Gasteiger partial charge in [0.15, 0.2) is 0 Å². The van der Waals surface area contributed by atoms with E-state index in [9.17, 15) is 4.79 Å². The monoisotopic (exact) mass is 336 g/mol. The zero-order chi connectivity index (χ0) is 17.6. The van der Waals surface area contributed by atoms with Crippen molar-refractivity contribution in [1.29, 1.82) is 0 Å². The number of hydrogen-bond acceptors (Lipinski definition) is 3. The fourth-order valence-corrected chi connectivity index (χ4v) is 2.85. The third kappa shape index (κ3) is 4.05. The fourth-order valence-electron chi connectivity index (χ4n) is 2.85. The van der Waals surface area contributed by atoms with Gasteiger partial charge in [0.25, 0.3) is 5.91 Å². The number of nitrogens with one attached hydrogen (secondary N) is 1. The summed E-state index contributed by atoms with van der Waals surface area (Å²) in [7, 11) is 0. The number of pyridine rings is 1. The molecule has 1 amide bonds. The number of carbonyl (C=O) groups is 1. The second-order valence-corrected chi connectivity index (χ2v) is 6.38. The van der Waals surface area contributed by atoms with Crippen molar-refractivity contribution < 1.29 is 4.79 Å². The molecule has 1 aromatic carbocycles. The lowest BCUT2D eigenvalue weighted by Gasteiger charge is -2.14. The number of benzene rings is 1. The topological polar surface area (TPSA) is 59.8 Å². The summed E-state index contributed by atoms with van der Waals surface area (Å²) in [6, 6.07) is 11.6. The number of nitrogens with zero attached hydrogens (tertiary/aromatic N) is 3. The summed E-state index contributed by atoms with van der Waals surface area (Å²) in [5.41, 5.74) is 2.81. The van der Waals surface area contributed by atoms with Crippen LogP contribution in [0.2, 0.25) is 0 Å². The minimum atomic E-state index is -0.0769. The van der Waals surface area contributed by atoms with Crippen molar-refractivity contribution in [3.05, 3.63) is 60.2 Å². The minimum Gasteiger partial charge on any atom is -0.352 e. The van der Waals surface area contributed by atoms with Crippen molar-refractivity contribution in [3.8, 4) is 0 Å². The Morgan fingerprint density at radius 2 is 1.96 bits per heavy atom. The standard InChI is InChI=1S/C20H24N4O/c1-3-15(2)14-24-18-7-5-4-6-17(18)23-19(24)10-13-22-20(25)16-8-11-21-12-9-16/h4-9,11-12,15H,3,10,13-14H2,1-2H3,(H,22,25). The molecular weight excluding hydrogens is 312 g/mol. The zero-order valence-corrected chi connectivity index (χ0v) is 14.8. The quantitative estimate of drug-likeness (QED) is 0.719. The smallest absolute Gasteiger partial charge is 0.251 e. The first-order valence-electron chi connectivity index (χ1n) is 8.81. The van der Waals surface area contributed by atoms with Crippen molar-refractivity contribution in [2.45, 2.75) is 33.2 Å². The average Bonchev–Trinajstić information content (AvgIpc) is 2.99. The molecule has 0 spiro atoms. The number of hydrogen-bond donors (Lipinski definition) is 1. The van der Waals surface area contributed by atoms with Gasteiger partial charge >= 0.3 is 0 Å². The Kier molecular flexibility index (Phi) is 5.43. The second kappa shape index (κ2) is 7.92. The fraction of sp³-hybridized carbons (Fsp3) is 0.350. The maximum atomic E-state index is 12.1. The largest absolute Gasteiger partial charge is 0.352 e. The summed E-state index contributed by atoms with van der Waals surface area (Å²) in [5.74, 6) is 1.53. The molecule has 0 aliphatic carbocycles. The van der Waals surface area contributed by atoms with Crippen LogP contribution >= 0.6 is 0 Å². The van der Waals surface area contributed by atoms with E-state index in [4.69, 9.17) is 4.98 Å². The van der Waals surface area contributed by atoms with Crippen LogP contribution < -0.4 is 5.32 Å². The first kappa shape index (κ1) is 17.1. The number of carbonyl (C=O) groups excluding carboxylic acids is 1. The Bertz CT molecular complexity index is 841. The first-order valence-corrected chi connectivity index (χ1v) is 8.81. The van der Waals surface area contributed by atoms with Gasteiger partial charge in [0.2, 0.25) is 0 Å². The molecule has 0 aliphatic heterocycles. The van der Waals surface area contributed by atoms with Crippen molar-refractivity contribution in [3.63, 3.8) is 0 Å². The van der Waals surface area contributed by atoms with Gasteiger partial charge in [-0.1, -0.05) is 32.4 Å². The summed E-state index contributed by atoms with van der Waals surface area (Å²) >= 11 is 0. The Morgan fingerprint density at radius 1 is 1.20 bits per heavy atom. The van der Waals surface area contributed by atoms with Crippen LogP contribution in [0.3, 0.4) is 0 Å². The van der Waals surface area contributed by atoms with E-state index in [1.165, 1.54) is 5.52 Å². The lowest BCUT2D eigenvalue weighted by Crippen LogP contribution is -2.26. The van der Waals surface area contributed by atoms with Crippen LogP contribution in [0.4, 0.5) is 0 Å². The van der Waals surface area contributed by atoms with Gasteiger partial charge in [0, 0.05) is 37.5 Å². The van der Waals surface area contributed by atoms with Crippen LogP contribution in [-0.4, -0.2) is 27.0 Å². The summed E-state index contributed by atoms with van der Waals surface area (Å²) in [6.45, 7) is 5.97. The molecule has 1 atom stereocenters. The highest BCUT2D eigenvalue weighted by Crippen LogP contribution is 2.19. The molecule has 1 N–H and O–H groups in total. The number of amides is 1. The van der Waals surface area contributed by atoms with Crippen LogP contribution in [0.1, 0.15) is 36.5 Å². The predicted molar refractivity (Wildman–Crippen MR) is 99.5 cm³/mol. The molecule has 3 rings (SSSR count). The second-order valence-electron chi connectivity index (χ2n) is 6.38. The first-order chi connectivity index (χ1) is 12.2. The molecule has 3 aromatic rings. The van der Waals surface area contributed by atoms with Gasteiger partial charge in [-0.3, -0.25) is 9.78 Å². The van der Waals surface area contributed by atoms with E-state index in [1.54, 1.807) is 24.5 Å². The molecule has 25 heavy (non-hydrogen) atoms. The molecule has 1 unspecified atom stereocenters. The lowest BCUT2D eigenvalue weighted by molar-refractivity contribution is 0.0954. The Morgan fingerprint density at radius 3 is 2.72 bits per heavy atom. The normalized spacial score (nSPS) is 12.2. The third-order valence-corrected chi connectivity index (χ3v) is 4.50. The molecule has 0 bridgehead atoms. The highest BCUT2D eigenvalue weighted by Gasteiger charge is 2.13.